The van der Waals surface area contributed by atoms with Crippen LogP contribution < -0.4 is 9.64 Å². The van der Waals surface area contributed by atoms with Crippen molar-refractivity contribution in [2.45, 2.75) is 6.54 Å². The predicted molar refractivity (Wildman–Crippen MR) is 102 cm³/mol. The van der Waals surface area contributed by atoms with E-state index < -0.39 is 0 Å². The second kappa shape index (κ2) is 7.11. The Labute approximate surface area is 148 Å². The van der Waals surface area contributed by atoms with Gasteiger partial charge in [-0.3, -0.25) is 9.88 Å². The highest BCUT2D eigenvalue weighted by Gasteiger charge is 2.18. The van der Waals surface area contributed by atoms with Crippen molar-refractivity contribution in [2.24, 2.45) is 0 Å². The lowest BCUT2D eigenvalue weighted by Gasteiger charge is -2.36. The van der Waals surface area contributed by atoms with E-state index in [9.17, 15) is 0 Å². The molecule has 1 aliphatic heterocycles. The summed E-state index contributed by atoms with van der Waals surface area (Å²) in [6.07, 6.45) is 1.88. The summed E-state index contributed by atoms with van der Waals surface area (Å²) in [5, 5.41) is 1.22. The molecule has 4 rings (SSSR count). The highest BCUT2D eigenvalue weighted by molar-refractivity contribution is 5.81. The number of rotatable bonds is 4. The van der Waals surface area contributed by atoms with Crippen molar-refractivity contribution in [3.05, 3.63) is 66.4 Å². The van der Waals surface area contributed by atoms with Gasteiger partial charge in [0.05, 0.1) is 12.6 Å². The Hall–Kier alpha value is -2.59. The van der Waals surface area contributed by atoms with Crippen LogP contribution in [0.3, 0.4) is 0 Å². The van der Waals surface area contributed by atoms with Gasteiger partial charge in [0, 0.05) is 50.0 Å². The molecule has 0 N–H and O–H groups in total. The summed E-state index contributed by atoms with van der Waals surface area (Å²) < 4.78 is 5.24. The molecule has 0 aliphatic carbocycles. The van der Waals surface area contributed by atoms with E-state index in [0.29, 0.717) is 0 Å². The van der Waals surface area contributed by atoms with Gasteiger partial charge in [-0.1, -0.05) is 24.3 Å². The summed E-state index contributed by atoms with van der Waals surface area (Å²) in [7, 11) is 1.70. The van der Waals surface area contributed by atoms with Crippen LogP contribution in [0, 0.1) is 0 Å². The topological polar surface area (TPSA) is 28.6 Å². The summed E-state index contributed by atoms with van der Waals surface area (Å²) in [6, 6.07) is 18.9. The largest absolute Gasteiger partial charge is 0.497 e. The third-order valence-corrected chi connectivity index (χ3v) is 4.92. The van der Waals surface area contributed by atoms with Crippen LogP contribution in [0.4, 0.5) is 5.69 Å². The van der Waals surface area contributed by atoms with Crippen molar-refractivity contribution >= 4 is 16.6 Å². The Morgan fingerprint density at radius 1 is 0.920 bits per heavy atom. The lowest BCUT2D eigenvalue weighted by atomic mass is 10.1. The molecule has 1 fully saturated rings. The molecule has 0 unspecified atom stereocenters. The molecule has 25 heavy (non-hydrogen) atoms. The number of anilines is 1. The van der Waals surface area contributed by atoms with Crippen LogP contribution in [0.15, 0.2) is 60.8 Å². The van der Waals surface area contributed by atoms with E-state index in [-0.39, 0.29) is 0 Å². The molecule has 2 heterocycles. The second-order valence-electron chi connectivity index (χ2n) is 6.45. The van der Waals surface area contributed by atoms with Crippen LogP contribution in [0.25, 0.3) is 10.9 Å². The molecule has 0 radical (unpaired) electrons. The standard InChI is InChI=1S/C21H23N3O/c1-25-20-9-7-19(8-10-20)24-14-12-23(13-15-24)16-18-5-2-4-17-6-3-11-22-21(17)18/h2-11H,12-16H2,1H3. The lowest BCUT2D eigenvalue weighted by Crippen LogP contribution is -2.46. The Balaban J connectivity index is 1.41. The van der Waals surface area contributed by atoms with Gasteiger partial charge >= 0.3 is 0 Å². The average molecular weight is 333 g/mol. The van der Waals surface area contributed by atoms with Crippen molar-refractivity contribution in [3.8, 4) is 5.75 Å². The first kappa shape index (κ1) is 15.9. The summed E-state index contributed by atoms with van der Waals surface area (Å²) in [4.78, 5) is 9.54. The first-order chi connectivity index (χ1) is 12.3. The first-order valence-corrected chi connectivity index (χ1v) is 8.77. The fraction of sp³-hybridized carbons (Fsp3) is 0.286. The number of fused-ring (bicyclic) bond motifs is 1. The van der Waals surface area contributed by atoms with E-state index in [1.165, 1.54) is 16.6 Å². The summed E-state index contributed by atoms with van der Waals surface area (Å²) in [6.45, 7) is 5.18. The Morgan fingerprint density at radius 2 is 1.68 bits per heavy atom. The van der Waals surface area contributed by atoms with Crippen LogP contribution in [-0.4, -0.2) is 43.2 Å². The molecule has 2 aromatic carbocycles. The van der Waals surface area contributed by atoms with Gasteiger partial charge in [0.15, 0.2) is 0 Å². The van der Waals surface area contributed by atoms with Crippen LogP contribution in [0.1, 0.15) is 5.56 Å². The minimum Gasteiger partial charge on any atom is -0.497 e. The highest BCUT2D eigenvalue weighted by Crippen LogP contribution is 2.22. The van der Waals surface area contributed by atoms with Crippen molar-refractivity contribution in [2.75, 3.05) is 38.2 Å². The summed E-state index contributed by atoms with van der Waals surface area (Å²) in [5.74, 6) is 0.908. The number of ether oxygens (including phenoxy) is 1. The molecule has 0 spiro atoms. The molecule has 1 saturated heterocycles. The molecule has 0 amide bonds. The van der Waals surface area contributed by atoms with Crippen molar-refractivity contribution in [3.63, 3.8) is 0 Å². The van der Waals surface area contributed by atoms with Gasteiger partial charge in [-0.25, -0.2) is 0 Å². The zero-order chi connectivity index (χ0) is 17.1. The van der Waals surface area contributed by atoms with Crippen molar-refractivity contribution < 1.29 is 4.74 Å². The number of aromatic nitrogens is 1. The fourth-order valence-corrected chi connectivity index (χ4v) is 3.49. The van der Waals surface area contributed by atoms with E-state index in [2.05, 4.69) is 51.2 Å². The fourth-order valence-electron chi connectivity index (χ4n) is 3.49. The Morgan fingerprint density at radius 3 is 2.44 bits per heavy atom. The molecule has 0 bridgehead atoms. The molecular weight excluding hydrogens is 310 g/mol. The quantitative estimate of drug-likeness (QED) is 0.730. The SMILES string of the molecule is COc1ccc(N2CCN(Cc3cccc4cccnc34)CC2)cc1. The van der Waals surface area contributed by atoms with Crippen LogP contribution in [0.2, 0.25) is 0 Å². The number of methoxy groups -OCH3 is 1. The average Bonchev–Trinajstić information content (AvgIpc) is 2.69. The molecule has 4 heteroatoms. The zero-order valence-corrected chi connectivity index (χ0v) is 14.6. The van der Waals surface area contributed by atoms with E-state index in [1.807, 2.05) is 24.4 Å². The Kier molecular flexibility index (Phi) is 4.53. The number of hydrogen-bond donors (Lipinski definition) is 0. The van der Waals surface area contributed by atoms with E-state index in [0.717, 1.165) is 44.0 Å². The molecule has 3 aromatic rings. The number of para-hydroxylation sites is 1. The molecular formula is C21H23N3O. The molecule has 128 valence electrons. The molecule has 1 aliphatic rings. The Bertz CT molecular complexity index is 834. The predicted octanol–water partition coefficient (Wildman–Crippen LogP) is 3.57. The monoisotopic (exact) mass is 333 g/mol. The third-order valence-electron chi connectivity index (χ3n) is 4.92. The van der Waals surface area contributed by atoms with Gasteiger partial charge in [0.1, 0.15) is 5.75 Å². The molecule has 4 nitrogen and oxygen atoms in total. The first-order valence-electron chi connectivity index (χ1n) is 8.77. The number of benzene rings is 2. The van der Waals surface area contributed by atoms with Crippen LogP contribution >= 0.6 is 0 Å². The maximum atomic E-state index is 5.24. The minimum atomic E-state index is 0.908. The van der Waals surface area contributed by atoms with Gasteiger partial charge in [-0.2, -0.15) is 0 Å². The maximum Gasteiger partial charge on any atom is 0.119 e. The molecule has 0 atom stereocenters. The van der Waals surface area contributed by atoms with Gasteiger partial charge < -0.3 is 9.64 Å². The minimum absolute atomic E-state index is 0.908. The van der Waals surface area contributed by atoms with E-state index >= 15 is 0 Å². The van der Waals surface area contributed by atoms with Gasteiger partial charge in [-0.05, 0) is 35.9 Å². The molecule has 1 aromatic heterocycles. The van der Waals surface area contributed by atoms with Crippen molar-refractivity contribution in [1.29, 1.82) is 0 Å². The van der Waals surface area contributed by atoms with E-state index in [1.54, 1.807) is 7.11 Å². The van der Waals surface area contributed by atoms with E-state index in [4.69, 9.17) is 4.74 Å². The normalized spacial score (nSPS) is 15.5. The lowest BCUT2D eigenvalue weighted by molar-refractivity contribution is 0.250. The summed E-state index contributed by atoms with van der Waals surface area (Å²) in [5.41, 5.74) is 3.71. The zero-order valence-electron chi connectivity index (χ0n) is 14.6. The number of pyridine rings is 1. The van der Waals surface area contributed by atoms with Gasteiger partial charge in [0.25, 0.3) is 0 Å². The third kappa shape index (κ3) is 3.44. The van der Waals surface area contributed by atoms with Gasteiger partial charge in [-0.15, -0.1) is 0 Å². The summed E-state index contributed by atoms with van der Waals surface area (Å²) >= 11 is 0. The second-order valence-corrected chi connectivity index (χ2v) is 6.45. The number of piperazine rings is 1. The maximum absolute atomic E-state index is 5.24. The van der Waals surface area contributed by atoms with Crippen molar-refractivity contribution in [1.82, 2.24) is 9.88 Å². The number of nitrogens with zero attached hydrogens (tertiary/aromatic N) is 3. The van der Waals surface area contributed by atoms with Crippen LogP contribution in [-0.2, 0) is 6.54 Å². The highest BCUT2D eigenvalue weighted by atomic mass is 16.5. The molecule has 0 saturated carbocycles. The number of hydrogen-bond acceptors (Lipinski definition) is 4. The van der Waals surface area contributed by atoms with Crippen LogP contribution in [0.5, 0.6) is 5.75 Å². The van der Waals surface area contributed by atoms with Gasteiger partial charge in [0.2, 0.25) is 0 Å². The smallest absolute Gasteiger partial charge is 0.119 e.